The number of aromatic nitrogens is 7. The van der Waals surface area contributed by atoms with Crippen LogP contribution in [0.15, 0.2) is 65.8 Å². The number of tetrazole rings is 1. The predicted molar refractivity (Wildman–Crippen MR) is 150 cm³/mol. The molecule has 3 aromatic heterocycles. The van der Waals surface area contributed by atoms with Gasteiger partial charge in [0.1, 0.15) is 17.9 Å². The Balaban J connectivity index is 1.16. The van der Waals surface area contributed by atoms with Crippen molar-refractivity contribution in [2.75, 3.05) is 5.32 Å². The standard InChI is InChI=1S/C29H23ClN8O3/c1-29(2)28(40)34-20-5-3-14(8-24(20)41-29)21-12-31-27(33-21)26-19-11-18(19)23-7-15(9-25(39)38(23)26)17-10-16(30)4-6-22(17)37-13-32-35-36-37/h3-10,12-13,18-19,26H,11H2,1-2H3,(H,31,33)(H,34,40). The number of nitrogens with zero attached hydrogens (tertiary/aromatic N) is 6. The first kappa shape index (κ1) is 24.1. The van der Waals surface area contributed by atoms with Crippen LogP contribution in [0.25, 0.3) is 28.1 Å². The van der Waals surface area contributed by atoms with Gasteiger partial charge in [-0.3, -0.25) is 9.59 Å². The Labute approximate surface area is 238 Å². The molecule has 5 aromatic rings. The lowest BCUT2D eigenvalue weighted by molar-refractivity contribution is -0.129. The predicted octanol–water partition coefficient (Wildman–Crippen LogP) is 4.35. The first-order chi connectivity index (χ1) is 19.8. The summed E-state index contributed by atoms with van der Waals surface area (Å²) in [4.78, 5) is 34.1. The third kappa shape index (κ3) is 3.72. The number of rotatable bonds is 4. The van der Waals surface area contributed by atoms with Crippen LogP contribution in [0.5, 0.6) is 5.75 Å². The number of carbonyl (C=O) groups is 1. The Morgan fingerprint density at radius 3 is 2.78 bits per heavy atom. The summed E-state index contributed by atoms with van der Waals surface area (Å²) in [5, 5.41) is 15.0. The Bertz CT molecular complexity index is 1940. The number of hydrogen-bond acceptors (Lipinski definition) is 7. The van der Waals surface area contributed by atoms with Gasteiger partial charge in [0.25, 0.3) is 11.5 Å². The lowest BCUT2D eigenvalue weighted by Gasteiger charge is -2.31. The second-order valence-electron chi connectivity index (χ2n) is 11.2. The van der Waals surface area contributed by atoms with E-state index in [4.69, 9.17) is 21.3 Å². The Kier molecular flexibility index (Phi) is 4.91. The van der Waals surface area contributed by atoms with Gasteiger partial charge >= 0.3 is 0 Å². The second kappa shape index (κ2) is 8.37. The molecule has 3 unspecified atom stereocenters. The summed E-state index contributed by atoms with van der Waals surface area (Å²) in [6, 6.07) is 14.6. The van der Waals surface area contributed by atoms with Gasteiger partial charge in [0.15, 0.2) is 5.60 Å². The van der Waals surface area contributed by atoms with Gasteiger partial charge < -0.3 is 19.6 Å². The van der Waals surface area contributed by atoms with Crippen molar-refractivity contribution in [1.29, 1.82) is 0 Å². The van der Waals surface area contributed by atoms with Crippen LogP contribution in [-0.2, 0) is 4.79 Å². The van der Waals surface area contributed by atoms with Crippen LogP contribution in [0.1, 0.15) is 43.7 Å². The molecule has 1 amide bonds. The molecule has 204 valence electrons. The fourth-order valence-corrected chi connectivity index (χ4v) is 6.25. The van der Waals surface area contributed by atoms with Crippen molar-refractivity contribution in [3.05, 3.63) is 87.9 Å². The Morgan fingerprint density at radius 1 is 1.07 bits per heavy atom. The topological polar surface area (TPSA) is 133 Å². The van der Waals surface area contributed by atoms with E-state index in [-0.39, 0.29) is 29.3 Å². The number of carbonyl (C=O) groups excluding carboxylic acids is 1. The van der Waals surface area contributed by atoms with Crippen LogP contribution in [0.2, 0.25) is 5.02 Å². The summed E-state index contributed by atoms with van der Waals surface area (Å²) in [6.45, 7) is 3.47. The largest absolute Gasteiger partial charge is 0.476 e. The lowest BCUT2D eigenvalue weighted by atomic mass is 10.0. The zero-order valence-corrected chi connectivity index (χ0v) is 22.8. The fourth-order valence-electron chi connectivity index (χ4n) is 6.08. The highest BCUT2D eigenvalue weighted by molar-refractivity contribution is 6.31. The number of amides is 1. The molecule has 3 atom stereocenters. The van der Waals surface area contributed by atoms with Gasteiger partial charge in [0, 0.05) is 33.8 Å². The molecule has 12 heteroatoms. The first-order valence-corrected chi connectivity index (χ1v) is 13.6. The van der Waals surface area contributed by atoms with Crippen molar-refractivity contribution in [3.63, 3.8) is 0 Å². The molecule has 8 rings (SSSR count). The summed E-state index contributed by atoms with van der Waals surface area (Å²) in [6.07, 6.45) is 4.28. The molecule has 2 aromatic carbocycles. The average molecular weight is 567 g/mol. The van der Waals surface area contributed by atoms with Gasteiger partial charge in [-0.2, -0.15) is 4.68 Å². The summed E-state index contributed by atoms with van der Waals surface area (Å²) in [5.74, 6) is 1.72. The highest BCUT2D eigenvalue weighted by Crippen LogP contribution is 2.60. The minimum absolute atomic E-state index is 0.101. The molecule has 11 nitrogen and oxygen atoms in total. The molecule has 0 saturated heterocycles. The average Bonchev–Trinajstić information content (AvgIpc) is 3.28. The van der Waals surface area contributed by atoms with Crippen molar-refractivity contribution in [3.8, 4) is 33.8 Å². The van der Waals surface area contributed by atoms with Crippen molar-refractivity contribution in [2.24, 2.45) is 5.92 Å². The Morgan fingerprint density at radius 2 is 1.95 bits per heavy atom. The van der Waals surface area contributed by atoms with E-state index in [0.29, 0.717) is 16.5 Å². The minimum Gasteiger partial charge on any atom is -0.476 e. The van der Waals surface area contributed by atoms with Crippen molar-refractivity contribution in [2.45, 2.75) is 37.8 Å². The quantitative estimate of drug-likeness (QED) is 0.330. The smallest absolute Gasteiger partial charge is 0.268 e. The van der Waals surface area contributed by atoms with Crippen LogP contribution in [0.3, 0.4) is 0 Å². The molecule has 0 radical (unpaired) electrons. The van der Waals surface area contributed by atoms with Crippen LogP contribution in [-0.4, -0.2) is 46.3 Å². The van der Waals surface area contributed by atoms with Crippen LogP contribution in [0, 0.1) is 5.92 Å². The molecule has 2 N–H and O–H groups in total. The van der Waals surface area contributed by atoms with Gasteiger partial charge in [0.2, 0.25) is 0 Å². The van der Waals surface area contributed by atoms with Crippen molar-refractivity contribution < 1.29 is 9.53 Å². The summed E-state index contributed by atoms with van der Waals surface area (Å²) >= 11 is 6.35. The van der Waals surface area contributed by atoms with Gasteiger partial charge in [0.05, 0.1) is 29.3 Å². The molecule has 1 aliphatic carbocycles. The number of fused-ring (bicyclic) bond motifs is 4. The number of halogens is 1. The van der Waals surface area contributed by atoms with E-state index in [1.54, 1.807) is 36.9 Å². The highest BCUT2D eigenvalue weighted by Gasteiger charge is 2.54. The molecule has 2 aliphatic heterocycles. The van der Waals surface area contributed by atoms with Crippen LogP contribution < -0.4 is 15.6 Å². The van der Waals surface area contributed by atoms with Crippen molar-refractivity contribution >= 4 is 23.2 Å². The third-order valence-electron chi connectivity index (χ3n) is 8.20. The summed E-state index contributed by atoms with van der Waals surface area (Å²) < 4.78 is 9.38. The lowest BCUT2D eigenvalue weighted by Crippen LogP contribution is -2.45. The number of hydrogen-bond donors (Lipinski definition) is 2. The maximum atomic E-state index is 13.7. The molecule has 1 fully saturated rings. The van der Waals surface area contributed by atoms with Gasteiger partial charge in [-0.25, -0.2) is 4.98 Å². The van der Waals surface area contributed by atoms with Gasteiger partial charge in [-0.1, -0.05) is 17.7 Å². The zero-order valence-electron chi connectivity index (χ0n) is 22.0. The van der Waals surface area contributed by atoms with E-state index < -0.39 is 5.60 Å². The maximum Gasteiger partial charge on any atom is 0.268 e. The number of ether oxygens (including phenoxy) is 1. The number of pyridine rings is 1. The van der Waals surface area contributed by atoms with E-state index >= 15 is 0 Å². The summed E-state index contributed by atoms with van der Waals surface area (Å²) in [7, 11) is 0. The molecular weight excluding hydrogens is 544 g/mol. The van der Waals surface area contributed by atoms with E-state index in [2.05, 4.69) is 31.9 Å². The van der Waals surface area contributed by atoms with E-state index in [1.807, 2.05) is 34.9 Å². The zero-order chi connectivity index (χ0) is 28.0. The number of imidazole rings is 1. The first-order valence-electron chi connectivity index (χ1n) is 13.3. The normalized spacial score (nSPS) is 21.4. The number of H-pyrrole nitrogens is 1. The number of aromatic amines is 1. The fraction of sp³-hybridized carbons (Fsp3) is 0.241. The molecule has 3 aliphatic rings. The number of nitrogens with one attached hydrogen (secondary N) is 2. The SMILES string of the molecule is CC1(C)Oc2cc(-c3cnc(C4C5CC5c5cc(-c6cc(Cl)ccc6-n6cnnn6)cc(=O)n54)[nH]3)ccc2NC1=O. The summed E-state index contributed by atoms with van der Waals surface area (Å²) in [5.41, 5.74) is 4.52. The monoisotopic (exact) mass is 566 g/mol. The molecule has 0 bridgehead atoms. The van der Waals surface area contributed by atoms with Crippen molar-refractivity contribution in [1.82, 2.24) is 34.7 Å². The molecule has 5 heterocycles. The maximum absolute atomic E-state index is 13.7. The molecule has 41 heavy (non-hydrogen) atoms. The minimum atomic E-state index is -0.961. The van der Waals surface area contributed by atoms with Crippen LogP contribution in [0.4, 0.5) is 5.69 Å². The molecular formula is C29H23ClN8O3. The van der Waals surface area contributed by atoms with Gasteiger partial charge in [-0.15, -0.1) is 5.10 Å². The van der Waals surface area contributed by atoms with Gasteiger partial charge in [-0.05, 0) is 78.6 Å². The van der Waals surface area contributed by atoms with E-state index in [0.717, 1.165) is 46.0 Å². The number of benzene rings is 2. The Hall–Kier alpha value is -4.77. The van der Waals surface area contributed by atoms with E-state index in [9.17, 15) is 9.59 Å². The molecule has 1 saturated carbocycles. The highest BCUT2D eigenvalue weighted by atomic mass is 35.5. The van der Waals surface area contributed by atoms with E-state index in [1.165, 1.54) is 6.33 Å². The molecule has 0 spiro atoms. The number of anilines is 1. The second-order valence-corrected chi connectivity index (χ2v) is 11.6. The van der Waals surface area contributed by atoms with Crippen LogP contribution >= 0.6 is 11.6 Å². The third-order valence-corrected chi connectivity index (χ3v) is 8.43.